The predicted molar refractivity (Wildman–Crippen MR) is 98.9 cm³/mol. The summed E-state index contributed by atoms with van der Waals surface area (Å²) >= 11 is 3.22. The number of hydrogen-bond donors (Lipinski definition) is 1. The first kappa shape index (κ1) is 18.1. The number of carbonyl (C=O) groups excluding carboxylic acids is 3. The lowest BCUT2D eigenvalue weighted by Gasteiger charge is -2.41. The van der Waals surface area contributed by atoms with Gasteiger partial charge in [-0.3, -0.25) is 19.5 Å². The van der Waals surface area contributed by atoms with Crippen LogP contribution in [0.2, 0.25) is 0 Å². The van der Waals surface area contributed by atoms with Crippen LogP contribution in [0.1, 0.15) is 24.2 Å². The van der Waals surface area contributed by atoms with Crippen LogP contribution in [0.15, 0.2) is 47.2 Å². The second-order valence-electron chi connectivity index (χ2n) is 6.23. The fourth-order valence-corrected chi connectivity index (χ4v) is 3.06. The van der Waals surface area contributed by atoms with Crippen molar-refractivity contribution in [2.75, 3.05) is 16.8 Å². The summed E-state index contributed by atoms with van der Waals surface area (Å²) in [5.41, 5.74) is 0.202. The topological polar surface area (TPSA) is 88.6 Å². The lowest BCUT2D eigenvalue weighted by atomic mass is 9.96. The molecule has 1 aromatic heterocycles. The van der Waals surface area contributed by atoms with E-state index in [4.69, 9.17) is 4.74 Å². The van der Waals surface area contributed by atoms with Crippen LogP contribution < -0.4 is 10.2 Å². The fourth-order valence-electron chi connectivity index (χ4n) is 2.70. The zero-order valence-corrected chi connectivity index (χ0v) is 15.7. The average Bonchev–Trinajstić information content (AvgIpc) is 2.60. The molecule has 26 heavy (non-hydrogen) atoms. The molecule has 0 saturated heterocycles. The number of para-hydroxylation sites is 2. The maximum Gasteiger partial charge on any atom is 0.340 e. The average molecular weight is 418 g/mol. The molecular weight excluding hydrogens is 402 g/mol. The van der Waals surface area contributed by atoms with Crippen molar-refractivity contribution in [3.05, 3.63) is 52.8 Å². The van der Waals surface area contributed by atoms with Gasteiger partial charge in [0.2, 0.25) is 5.91 Å². The number of rotatable bonds is 3. The Hall–Kier alpha value is -2.74. The van der Waals surface area contributed by atoms with E-state index < -0.39 is 24.0 Å². The van der Waals surface area contributed by atoms with Crippen molar-refractivity contribution in [3.63, 3.8) is 0 Å². The van der Waals surface area contributed by atoms with Crippen molar-refractivity contribution >= 4 is 45.1 Å². The zero-order valence-electron chi connectivity index (χ0n) is 14.2. The van der Waals surface area contributed by atoms with E-state index in [0.717, 1.165) is 0 Å². The number of pyridine rings is 1. The molecule has 8 heteroatoms. The Morgan fingerprint density at radius 1 is 1.27 bits per heavy atom. The molecule has 2 aromatic rings. The number of halogens is 1. The van der Waals surface area contributed by atoms with E-state index in [9.17, 15) is 14.4 Å². The van der Waals surface area contributed by atoms with Crippen LogP contribution in [0.4, 0.5) is 11.4 Å². The summed E-state index contributed by atoms with van der Waals surface area (Å²) in [5, 5.41) is 2.78. The minimum atomic E-state index is -1.12. The van der Waals surface area contributed by atoms with E-state index in [1.54, 1.807) is 44.2 Å². The SMILES string of the molecule is CC1(C)C(=O)Nc2ccccc2N1C(=O)COC(=O)c1cncc(Br)c1. The second kappa shape index (κ2) is 6.87. The Kier molecular flexibility index (Phi) is 4.78. The van der Waals surface area contributed by atoms with E-state index in [2.05, 4.69) is 26.2 Å². The molecule has 2 heterocycles. The van der Waals surface area contributed by atoms with Crippen molar-refractivity contribution in [3.8, 4) is 0 Å². The van der Waals surface area contributed by atoms with Gasteiger partial charge in [0.05, 0.1) is 16.9 Å². The maximum atomic E-state index is 12.8. The molecule has 0 unspecified atom stereocenters. The molecule has 0 atom stereocenters. The van der Waals surface area contributed by atoms with Gasteiger partial charge in [0, 0.05) is 16.9 Å². The van der Waals surface area contributed by atoms with Gasteiger partial charge in [-0.2, -0.15) is 0 Å². The number of carbonyl (C=O) groups is 3. The molecular formula is C18H16BrN3O4. The monoisotopic (exact) mass is 417 g/mol. The molecule has 3 rings (SSSR count). The van der Waals surface area contributed by atoms with Gasteiger partial charge >= 0.3 is 5.97 Å². The zero-order chi connectivity index (χ0) is 18.9. The molecule has 2 amide bonds. The molecule has 0 saturated carbocycles. The Labute approximate surface area is 158 Å². The number of amides is 2. The largest absolute Gasteiger partial charge is 0.452 e. The molecule has 1 aliphatic heterocycles. The van der Waals surface area contributed by atoms with Crippen LogP contribution in [0, 0.1) is 0 Å². The molecule has 7 nitrogen and oxygen atoms in total. The van der Waals surface area contributed by atoms with Crippen molar-refractivity contribution in [1.82, 2.24) is 4.98 Å². The van der Waals surface area contributed by atoms with Crippen molar-refractivity contribution in [2.24, 2.45) is 0 Å². The van der Waals surface area contributed by atoms with Gasteiger partial charge in [-0.1, -0.05) is 12.1 Å². The van der Waals surface area contributed by atoms with Crippen molar-refractivity contribution < 1.29 is 19.1 Å². The normalized spacial score (nSPS) is 15.0. The summed E-state index contributed by atoms with van der Waals surface area (Å²) in [5.74, 6) is -1.47. The molecule has 0 aliphatic carbocycles. The van der Waals surface area contributed by atoms with Gasteiger partial charge < -0.3 is 10.1 Å². The quantitative estimate of drug-likeness (QED) is 0.775. The van der Waals surface area contributed by atoms with E-state index in [0.29, 0.717) is 15.8 Å². The first-order chi connectivity index (χ1) is 12.3. The number of nitrogens with zero attached hydrogens (tertiary/aromatic N) is 2. The third-order valence-electron chi connectivity index (χ3n) is 4.02. The Morgan fingerprint density at radius 2 is 2.00 bits per heavy atom. The lowest BCUT2D eigenvalue weighted by molar-refractivity contribution is -0.128. The predicted octanol–water partition coefficient (Wildman–Crippen LogP) is 2.76. The number of aromatic nitrogens is 1. The Morgan fingerprint density at radius 3 is 2.73 bits per heavy atom. The first-order valence-electron chi connectivity index (χ1n) is 7.82. The molecule has 134 valence electrons. The molecule has 1 aliphatic rings. The Bertz CT molecular complexity index is 898. The molecule has 0 bridgehead atoms. The third kappa shape index (κ3) is 3.32. The highest BCUT2D eigenvalue weighted by molar-refractivity contribution is 9.10. The lowest BCUT2D eigenvalue weighted by Crippen LogP contribution is -2.59. The molecule has 1 aromatic carbocycles. The summed E-state index contributed by atoms with van der Waals surface area (Å²) in [7, 11) is 0. The minimum Gasteiger partial charge on any atom is -0.452 e. The van der Waals surface area contributed by atoms with Gasteiger partial charge in [0.1, 0.15) is 5.54 Å². The van der Waals surface area contributed by atoms with Gasteiger partial charge in [-0.25, -0.2) is 4.79 Å². The van der Waals surface area contributed by atoms with E-state index >= 15 is 0 Å². The van der Waals surface area contributed by atoms with Gasteiger partial charge in [0.25, 0.3) is 5.91 Å². The van der Waals surface area contributed by atoms with Gasteiger partial charge in [0.15, 0.2) is 6.61 Å². The summed E-state index contributed by atoms with van der Waals surface area (Å²) in [4.78, 5) is 42.5. The number of esters is 1. The molecule has 0 spiro atoms. The van der Waals surface area contributed by atoms with Gasteiger partial charge in [-0.05, 0) is 48.0 Å². The first-order valence-corrected chi connectivity index (χ1v) is 8.61. The number of fused-ring (bicyclic) bond motifs is 1. The number of anilines is 2. The molecule has 0 radical (unpaired) electrons. The van der Waals surface area contributed by atoms with Crippen molar-refractivity contribution in [1.29, 1.82) is 0 Å². The summed E-state index contributed by atoms with van der Waals surface area (Å²) in [6.45, 7) is 2.78. The fraction of sp³-hybridized carbons (Fsp3) is 0.222. The maximum absolute atomic E-state index is 12.8. The smallest absolute Gasteiger partial charge is 0.340 e. The van der Waals surface area contributed by atoms with Crippen LogP contribution in [0.25, 0.3) is 0 Å². The molecule has 1 N–H and O–H groups in total. The highest BCUT2D eigenvalue weighted by atomic mass is 79.9. The second-order valence-corrected chi connectivity index (χ2v) is 7.14. The van der Waals surface area contributed by atoms with Crippen molar-refractivity contribution in [2.45, 2.75) is 19.4 Å². The number of nitrogens with one attached hydrogen (secondary N) is 1. The number of benzene rings is 1. The Balaban J connectivity index is 1.80. The standard InChI is InChI=1S/C18H16BrN3O4/c1-18(2)17(25)21-13-5-3-4-6-14(13)22(18)15(23)10-26-16(24)11-7-12(19)9-20-8-11/h3-9H,10H2,1-2H3,(H,21,25). The number of hydrogen-bond acceptors (Lipinski definition) is 5. The summed E-state index contributed by atoms with van der Waals surface area (Å²) < 4.78 is 5.74. The van der Waals surface area contributed by atoms with E-state index in [1.165, 1.54) is 17.3 Å². The third-order valence-corrected chi connectivity index (χ3v) is 4.46. The summed E-state index contributed by atoms with van der Waals surface area (Å²) in [6.07, 6.45) is 2.89. The van der Waals surface area contributed by atoms with Crippen LogP contribution >= 0.6 is 15.9 Å². The molecule has 0 fully saturated rings. The van der Waals surface area contributed by atoms with E-state index in [-0.39, 0.29) is 11.5 Å². The van der Waals surface area contributed by atoms with Crippen LogP contribution in [0.5, 0.6) is 0 Å². The van der Waals surface area contributed by atoms with Crippen LogP contribution in [-0.2, 0) is 14.3 Å². The summed E-state index contributed by atoms with van der Waals surface area (Å²) in [6, 6.07) is 8.52. The van der Waals surface area contributed by atoms with E-state index in [1.807, 2.05) is 0 Å². The highest BCUT2D eigenvalue weighted by Crippen LogP contribution is 2.36. The van der Waals surface area contributed by atoms with Gasteiger partial charge in [-0.15, -0.1) is 0 Å². The minimum absolute atomic E-state index is 0.225. The van der Waals surface area contributed by atoms with Crippen LogP contribution in [-0.4, -0.2) is 34.9 Å². The van der Waals surface area contributed by atoms with Crippen LogP contribution in [0.3, 0.4) is 0 Å². The highest BCUT2D eigenvalue weighted by Gasteiger charge is 2.43. The number of ether oxygens (including phenoxy) is 1.